The maximum Gasteiger partial charge on any atom is 0.119 e. The molecule has 3 heteroatoms. The molecule has 27 heavy (non-hydrogen) atoms. The van der Waals surface area contributed by atoms with E-state index in [0.29, 0.717) is 18.2 Å². The fourth-order valence-corrected chi connectivity index (χ4v) is 5.07. The SMILES string of the molecule is COc1ccc2c(c1)C1=CC[C@@H]3C[C@@H](OCc4ccccc4)CN3[C@@H]1CC2. The van der Waals surface area contributed by atoms with Gasteiger partial charge in [0, 0.05) is 18.6 Å². The Bertz CT molecular complexity index is 845. The predicted octanol–water partition coefficient (Wildman–Crippen LogP) is 4.46. The molecule has 1 aliphatic carbocycles. The Kier molecular flexibility index (Phi) is 4.50. The van der Waals surface area contributed by atoms with E-state index in [-0.39, 0.29) is 0 Å². The van der Waals surface area contributed by atoms with Crippen LogP contribution >= 0.6 is 0 Å². The van der Waals surface area contributed by atoms with Crippen LogP contribution < -0.4 is 4.74 Å². The van der Waals surface area contributed by atoms with E-state index in [4.69, 9.17) is 9.47 Å². The van der Waals surface area contributed by atoms with E-state index in [1.54, 1.807) is 7.11 Å². The van der Waals surface area contributed by atoms with Crippen molar-refractivity contribution in [1.82, 2.24) is 4.90 Å². The van der Waals surface area contributed by atoms with Gasteiger partial charge in [-0.05, 0) is 60.1 Å². The van der Waals surface area contributed by atoms with Crippen LogP contribution in [0.2, 0.25) is 0 Å². The summed E-state index contributed by atoms with van der Waals surface area (Å²) in [5, 5.41) is 0. The van der Waals surface area contributed by atoms with E-state index < -0.39 is 0 Å². The third-order valence-corrected chi connectivity index (χ3v) is 6.43. The lowest BCUT2D eigenvalue weighted by molar-refractivity contribution is 0.0447. The van der Waals surface area contributed by atoms with Crippen LogP contribution in [0.5, 0.6) is 5.75 Å². The zero-order valence-electron chi connectivity index (χ0n) is 15.9. The van der Waals surface area contributed by atoms with Crippen LogP contribution in [0.1, 0.15) is 36.0 Å². The second kappa shape index (κ2) is 7.14. The molecule has 140 valence electrons. The molecule has 5 rings (SSSR count). The average molecular weight is 361 g/mol. The summed E-state index contributed by atoms with van der Waals surface area (Å²) in [6.07, 6.45) is 7.48. The van der Waals surface area contributed by atoms with Crippen molar-refractivity contribution in [1.29, 1.82) is 0 Å². The van der Waals surface area contributed by atoms with Gasteiger partial charge in [-0.25, -0.2) is 0 Å². The lowest BCUT2D eigenvalue weighted by atomic mass is 9.80. The van der Waals surface area contributed by atoms with Crippen LogP contribution in [-0.4, -0.2) is 36.7 Å². The van der Waals surface area contributed by atoms with Crippen molar-refractivity contribution < 1.29 is 9.47 Å². The summed E-state index contributed by atoms with van der Waals surface area (Å²) < 4.78 is 11.8. The Balaban J connectivity index is 1.31. The van der Waals surface area contributed by atoms with Crippen LogP contribution in [0.4, 0.5) is 0 Å². The Hall–Kier alpha value is -2.10. The number of fused-ring (bicyclic) bond motifs is 5. The lowest BCUT2D eigenvalue weighted by Crippen LogP contribution is -2.44. The molecule has 3 atom stereocenters. The highest BCUT2D eigenvalue weighted by atomic mass is 16.5. The molecule has 0 N–H and O–H groups in total. The van der Waals surface area contributed by atoms with Gasteiger partial charge in [-0.15, -0.1) is 0 Å². The minimum absolute atomic E-state index is 0.342. The van der Waals surface area contributed by atoms with Crippen molar-refractivity contribution in [2.75, 3.05) is 13.7 Å². The molecule has 1 fully saturated rings. The van der Waals surface area contributed by atoms with Crippen molar-refractivity contribution in [3.63, 3.8) is 0 Å². The van der Waals surface area contributed by atoms with E-state index in [1.807, 2.05) is 0 Å². The van der Waals surface area contributed by atoms with E-state index in [2.05, 4.69) is 59.5 Å². The number of benzene rings is 2. The highest BCUT2D eigenvalue weighted by Crippen LogP contribution is 2.43. The van der Waals surface area contributed by atoms with Crippen molar-refractivity contribution in [2.45, 2.75) is 50.5 Å². The first-order valence-electron chi connectivity index (χ1n) is 10.1. The van der Waals surface area contributed by atoms with Crippen molar-refractivity contribution >= 4 is 5.57 Å². The Labute approximate surface area is 161 Å². The summed E-state index contributed by atoms with van der Waals surface area (Å²) in [4.78, 5) is 2.72. The van der Waals surface area contributed by atoms with Gasteiger partial charge in [0.2, 0.25) is 0 Å². The molecule has 0 amide bonds. The molecule has 0 aromatic heterocycles. The summed E-state index contributed by atoms with van der Waals surface area (Å²) in [5.41, 5.74) is 5.64. The fourth-order valence-electron chi connectivity index (χ4n) is 5.07. The first-order valence-corrected chi connectivity index (χ1v) is 10.1. The minimum Gasteiger partial charge on any atom is -0.497 e. The molecule has 3 aliphatic rings. The molecule has 2 heterocycles. The average Bonchev–Trinajstić information content (AvgIpc) is 3.16. The summed E-state index contributed by atoms with van der Waals surface area (Å²) in [6, 6.07) is 18.2. The van der Waals surface area contributed by atoms with E-state index >= 15 is 0 Å². The quantitative estimate of drug-likeness (QED) is 0.803. The summed E-state index contributed by atoms with van der Waals surface area (Å²) in [7, 11) is 1.75. The molecule has 2 aromatic carbocycles. The number of hydrogen-bond donors (Lipinski definition) is 0. The third-order valence-electron chi connectivity index (χ3n) is 6.43. The normalized spacial score (nSPS) is 26.7. The fraction of sp³-hybridized carbons (Fsp3) is 0.417. The Morgan fingerprint density at radius 1 is 1.11 bits per heavy atom. The van der Waals surface area contributed by atoms with Gasteiger partial charge in [-0.2, -0.15) is 0 Å². The standard InChI is InChI=1S/C24H27NO2/c1-26-20-10-7-18-8-12-24-22(23(18)14-20)11-9-19-13-21(15-25(19)24)27-16-17-5-3-2-4-6-17/h2-7,10-11,14,19,21,24H,8-9,12-13,15-16H2,1H3/t19-,21-,24-/m1/s1. The second-order valence-electron chi connectivity index (χ2n) is 7.98. The predicted molar refractivity (Wildman–Crippen MR) is 108 cm³/mol. The number of aryl methyl sites for hydroxylation is 1. The van der Waals surface area contributed by atoms with E-state index in [0.717, 1.165) is 38.2 Å². The molecule has 0 spiro atoms. The minimum atomic E-state index is 0.342. The number of nitrogens with zero attached hydrogens (tertiary/aromatic N) is 1. The zero-order valence-corrected chi connectivity index (χ0v) is 15.9. The molecule has 0 radical (unpaired) electrons. The first kappa shape index (κ1) is 17.0. The van der Waals surface area contributed by atoms with Crippen LogP contribution in [-0.2, 0) is 17.8 Å². The molecule has 3 nitrogen and oxygen atoms in total. The summed E-state index contributed by atoms with van der Waals surface area (Å²) in [5.74, 6) is 0.961. The summed E-state index contributed by atoms with van der Waals surface area (Å²) >= 11 is 0. The van der Waals surface area contributed by atoms with Crippen molar-refractivity contribution in [2.24, 2.45) is 0 Å². The number of rotatable bonds is 4. The Morgan fingerprint density at radius 2 is 2.00 bits per heavy atom. The summed E-state index contributed by atoms with van der Waals surface area (Å²) in [6.45, 7) is 1.77. The van der Waals surface area contributed by atoms with Gasteiger partial charge < -0.3 is 9.47 Å². The van der Waals surface area contributed by atoms with Crippen LogP contribution in [0.15, 0.2) is 54.6 Å². The zero-order chi connectivity index (χ0) is 18.2. The van der Waals surface area contributed by atoms with Crippen molar-refractivity contribution in [3.05, 3.63) is 71.3 Å². The van der Waals surface area contributed by atoms with Gasteiger partial charge in [0.1, 0.15) is 5.75 Å². The van der Waals surface area contributed by atoms with Crippen LogP contribution in [0.3, 0.4) is 0 Å². The number of hydrogen-bond acceptors (Lipinski definition) is 3. The lowest BCUT2D eigenvalue weighted by Gasteiger charge is -2.41. The van der Waals surface area contributed by atoms with Crippen LogP contribution in [0.25, 0.3) is 5.57 Å². The van der Waals surface area contributed by atoms with Gasteiger partial charge in [0.05, 0.1) is 19.8 Å². The first-order chi connectivity index (χ1) is 13.3. The molecule has 2 aliphatic heterocycles. The number of ether oxygens (including phenoxy) is 2. The number of methoxy groups -OCH3 is 1. The van der Waals surface area contributed by atoms with Gasteiger partial charge in [0.25, 0.3) is 0 Å². The maximum atomic E-state index is 6.28. The maximum absolute atomic E-state index is 6.28. The topological polar surface area (TPSA) is 21.7 Å². The van der Waals surface area contributed by atoms with E-state index in [1.165, 1.54) is 28.7 Å². The largest absolute Gasteiger partial charge is 0.497 e. The molecule has 1 saturated heterocycles. The molecule has 2 aromatic rings. The smallest absolute Gasteiger partial charge is 0.119 e. The molecular weight excluding hydrogens is 334 g/mol. The second-order valence-corrected chi connectivity index (χ2v) is 7.98. The molecule has 0 unspecified atom stereocenters. The third kappa shape index (κ3) is 3.19. The van der Waals surface area contributed by atoms with Gasteiger partial charge >= 0.3 is 0 Å². The van der Waals surface area contributed by atoms with Crippen molar-refractivity contribution in [3.8, 4) is 5.75 Å². The van der Waals surface area contributed by atoms with Gasteiger partial charge in [-0.3, -0.25) is 4.90 Å². The van der Waals surface area contributed by atoms with E-state index in [9.17, 15) is 0 Å². The highest BCUT2D eigenvalue weighted by molar-refractivity contribution is 5.75. The molecular formula is C24H27NO2. The molecule has 0 saturated carbocycles. The van der Waals surface area contributed by atoms with Crippen LogP contribution in [0, 0.1) is 0 Å². The van der Waals surface area contributed by atoms with Gasteiger partial charge in [0.15, 0.2) is 0 Å². The molecule has 0 bridgehead atoms. The highest BCUT2D eigenvalue weighted by Gasteiger charge is 2.41. The Morgan fingerprint density at radius 3 is 2.85 bits per heavy atom. The monoisotopic (exact) mass is 361 g/mol. The van der Waals surface area contributed by atoms with Gasteiger partial charge in [-0.1, -0.05) is 42.5 Å².